The molecule has 2 heterocycles. The van der Waals surface area contributed by atoms with E-state index in [1.807, 2.05) is 6.07 Å². The van der Waals surface area contributed by atoms with Gasteiger partial charge in [0.1, 0.15) is 11.8 Å². The molecule has 2 amide bonds. The molecule has 28 heavy (non-hydrogen) atoms. The first-order chi connectivity index (χ1) is 13.5. The van der Waals surface area contributed by atoms with E-state index in [2.05, 4.69) is 51.3 Å². The van der Waals surface area contributed by atoms with E-state index < -0.39 is 0 Å². The molecular weight excluding hydrogens is 424 g/mol. The second kappa shape index (κ2) is 9.36. The predicted molar refractivity (Wildman–Crippen MR) is 110 cm³/mol. The lowest BCUT2D eigenvalue weighted by molar-refractivity contribution is -0.122. The van der Waals surface area contributed by atoms with Crippen molar-refractivity contribution in [2.45, 2.75) is 43.8 Å². The smallest absolute Gasteiger partial charge is 0.251 e. The number of alkyl halides is 1. The molecule has 1 aromatic heterocycles. The molecule has 0 bridgehead atoms. The molecule has 1 saturated heterocycles. The van der Waals surface area contributed by atoms with Crippen molar-refractivity contribution in [2.24, 2.45) is 5.92 Å². The Morgan fingerprint density at radius 3 is 2.64 bits per heavy atom. The highest BCUT2D eigenvalue weighted by Gasteiger charge is 2.39. The number of hydrogen-bond donors (Lipinski definition) is 4. The third-order valence-electron chi connectivity index (χ3n) is 4.73. The highest BCUT2D eigenvalue weighted by atomic mass is 79.9. The molecule has 1 aromatic carbocycles. The molecule has 2 aromatic rings. The maximum absolute atomic E-state index is 12.5. The van der Waals surface area contributed by atoms with Crippen molar-refractivity contribution < 1.29 is 14.0 Å². The minimum Gasteiger partial charge on any atom is -0.467 e. The monoisotopic (exact) mass is 448 g/mol. The SMILES string of the molecule is CC(C)C1NNC(C(=O)NCc2cccc(C(=O)NCc3ccco3)c2)C1Br. The van der Waals surface area contributed by atoms with Crippen LogP contribution in [0.2, 0.25) is 0 Å². The van der Waals surface area contributed by atoms with Gasteiger partial charge in [-0.15, -0.1) is 0 Å². The summed E-state index contributed by atoms with van der Waals surface area (Å²) in [7, 11) is 0. The van der Waals surface area contributed by atoms with Crippen LogP contribution in [0.25, 0.3) is 0 Å². The van der Waals surface area contributed by atoms with Crippen LogP contribution in [-0.2, 0) is 17.9 Å². The molecule has 7 nitrogen and oxygen atoms in total. The van der Waals surface area contributed by atoms with Crippen molar-refractivity contribution in [3.8, 4) is 0 Å². The van der Waals surface area contributed by atoms with Crippen molar-refractivity contribution in [3.63, 3.8) is 0 Å². The Kier molecular flexibility index (Phi) is 6.88. The lowest BCUT2D eigenvalue weighted by Gasteiger charge is -2.19. The third kappa shape index (κ3) is 5.01. The Hall–Kier alpha value is -2.16. The molecule has 3 rings (SSSR count). The van der Waals surface area contributed by atoms with Crippen LogP contribution in [0.4, 0.5) is 0 Å². The summed E-state index contributed by atoms with van der Waals surface area (Å²) < 4.78 is 5.21. The van der Waals surface area contributed by atoms with Gasteiger partial charge in [-0.1, -0.05) is 41.9 Å². The normalized spacial score (nSPS) is 21.6. The van der Waals surface area contributed by atoms with E-state index >= 15 is 0 Å². The van der Waals surface area contributed by atoms with Crippen molar-refractivity contribution in [2.75, 3.05) is 0 Å². The quantitative estimate of drug-likeness (QED) is 0.486. The molecule has 0 radical (unpaired) electrons. The van der Waals surface area contributed by atoms with E-state index in [1.165, 1.54) is 0 Å². The van der Waals surface area contributed by atoms with E-state index in [0.29, 0.717) is 30.3 Å². The van der Waals surface area contributed by atoms with Gasteiger partial charge in [0, 0.05) is 18.2 Å². The molecule has 0 aliphatic carbocycles. The molecule has 150 valence electrons. The summed E-state index contributed by atoms with van der Waals surface area (Å²) >= 11 is 3.62. The number of furan rings is 1. The fourth-order valence-electron chi connectivity index (χ4n) is 3.10. The van der Waals surface area contributed by atoms with Crippen LogP contribution in [-0.4, -0.2) is 28.7 Å². The zero-order valence-electron chi connectivity index (χ0n) is 15.9. The maximum Gasteiger partial charge on any atom is 0.251 e. The van der Waals surface area contributed by atoms with Crippen molar-refractivity contribution >= 4 is 27.7 Å². The Morgan fingerprint density at radius 2 is 1.96 bits per heavy atom. The van der Waals surface area contributed by atoms with Crippen LogP contribution in [0, 0.1) is 5.92 Å². The maximum atomic E-state index is 12.5. The number of carbonyl (C=O) groups excluding carboxylic acids is 2. The predicted octanol–water partition coefficient (Wildman–Crippen LogP) is 2.09. The number of rotatable bonds is 7. The molecule has 4 N–H and O–H groups in total. The van der Waals surface area contributed by atoms with Gasteiger partial charge in [-0.3, -0.25) is 15.0 Å². The Morgan fingerprint density at radius 1 is 1.14 bits per heavy atom. The summed E-state index contributed by atoms with van der Waals surface area (Å²) in [5, 5.41) is 5.75. The summed E-state index contributed by atoms with van der Waals surface area (Å²) in [5.41, 5.74) is 7.61. The second-order valence-electron chi connectivity index (χ2n) is 7.16. The van der Waals surface area contributed by atoms with Crippen LogP contribution in [0.3, 0.4) is 0 Å². The first-order valence-electron chi connectivity index (χ1n) is 9.28. The minimum atomic E-state index is -0.354. The molecule has 0 saturated carbocycles. The van der Waals surface area contributed by atoms with Crippen molar-refractivity contribution in [1.82, 2.24) is 21.5 Å². The molecule has 1 aliphatic rings. The van der Waals surface area contributed by atoms with Crippen molar-refractivity contribution in [1.29, 1.82) is 0 Å². The first kappa shape index (κ1) is 20.6. The standard InChI is InChI=1S/C20H25BrN4O3/c1-12(2)17-16(21)18(25-24-17)20(27)22-10-13-5-3-6-14(9-13)19(26)23-11-15-7-4-8-28-15/h3-9,12,16-18,24-25H,10-11H2,1-2H3,(H,22,27)(H,23,26). The fourth-order valence-corrected chi connectivity index (χ4v) is 4.22. The van der Waals surface area contributed by atoms with Gasteiger partial charge in [0.15, 0.2) is 0 Å². The summed E-state index contributed by atoms with van der Waals surface area (Å²) in [6.45, 7) is 4.89. The van der Waals surface area contributed by atoms with Gasteiger partial charge in [0.05, 0.1) is 17.6 Å². The lowest BCUT2D eigenvalue weighted by atomic mass is 9.99. The molecule has 1 aliphatic heterocycles. The average molecular weight is 449 g/mol. The van der Waals surface area contributed by atoms with Gasteiger partial charge in [0.2, 0.25) is 5.91 Å². The zero-order valence-corrected chi connectivity index (χ0v) is 17.5. The topological polar surface area (TPSA) is 95.4 Å². The molecule has 0 spiro atoms. The van der Waals surface area contributed by atoms with E-state index in [9.17, 15) is 9.59 Å². The Balaban J connectivity index is 1.53. The molecule has 1 fully saturated rings. The van der Waals surface area contributed by atoms with E-state index in [-0.39, 0.29) is 28.7 Å². The minimum absolute atomic E-state index is 0.00575. The molecule has 3 atom stereocenters. The Bertz CT molecular complexity index is 810. The van der Waals surface area contributed by atoms with Gasteiger partial charge in [0.25, 0.3) is 5.91 Å². The largest absolute Gasteiger partial charge is 0.467 e. The number of benzene rings is 1. The highest BCUT2D eigenvalue weighted by molar-refractivity contribution is 9.09. The Labute approximate surface area is 172 Å². The van der Waals surface area contributed by atoms with E-state index in [1.54, 1.807) is 36.6 Å². The molecular formula is C20H25BrN4O3. The summed E-state index contributed by atoms with van der Waals surface area (Å²) in [6.07, 6.45) is 1.57. The number of amides is 2. The molecule has 8 heteroatoms. The van der Waals surface area contributed by atoms with Gasteiger partial charge in [-0.05, 0) is 35.7 Å². The number of hydrazine groups is 1. The van der Waals surface area contributed by atoms with Gasteiger partial charge < -0.3 is 15.1 Å². The number of carbonyl (C=O) groups is 2. The fraction of sp³-hybridized carbons (Fsp3) is 0.400. The second-order valence-corrected chi connectivity index (χ2v) is 8.22. The van der Waals surface area contributed by atoms with E-state index in [0.717, 1.165) is 5.56 Å². The summed E-state index contributed by atoms with van der Waals surface area (Å²) in [5.74, 6) is 0.807. The number of hydrogen-bond acceptors (Lipinski definition) is 5. The van der Waals surface area contributed by atoms with Crippen LogP contribution < -0.4 is 21.5 Å². The molecule has 3 unspecified atom stereocenters. The van der Waals surface area contributed by atoms with Crippen molar-refractivity contribution in [3.05, 3.63) is 59.5 Å². The van der Waals surface area contributed by atoms with Crippen LogP contribution in [0.5, 0.6) is 0 Å². The number of nitrogens with one attached hydrogen (secondary N) is 4. The van der Waals surface area contributed by atoms with Gasteiger partial charge in [-0.25, -0.2) is 5.43 Å². The average Bonchev–Trinajstić information content (AvgIpc) is 3.34. The van der Waals surface area contributed by atoms with Gasteiger partial charge >= 0.3 is 0 Å². The van der Waals surface area contributed by atoms with Crippen LogP contribution in [0.1, 0.15) is 35.5 Å². The summed E-state index contributed by atoms with van der Waals surface area (Å²) in [6, 6.07) is 10.6. The highest BCUT2D eigenvalue weighted by Crippen LogP contribution is 2.21. The van der Waals surface area contributed by atoms with Crippen LogP contribution in [0.15, 0.2) is 47.1 Å². The summed E-state index contributed by atoms with van der Waals surface area (Å²) in [4.78, 5) is 24.8. The lowest BCUT2D eigenvalue weighted by Crippen LogP contribution is -2.45. The van der Waals surface area contributed by atoms with Gasteiger partial charge in [-0.2, -0.15) is 0 Å². The first-order valence-corrected chi connectivity index (χ1v) is 10.2. The van der Waals surface area contributed by atoms with E-state index in [4.69, 9.17) is 4.42 Å². The third-order valence-corrected chi connectivity index (χ3v) is 5.83. The zero-order chi connectivity index (χ0) is 20.1. The van der Waals surface area contributed by atoms with Crippen LogP contribution >= 0.6 is 15.9 Å². The number of halogens is 1.